The molecule has 20 heavy (non-hydrogen) atoms. The van der Waals surface area contributed by atoms with Gasteiger partial charge in [0.15, 0.2) is 5.84 Å². The topological polar surface area (TPSA) is 89.8 Å². The highest BCUT2D eigenvalue weighted by molar-refractivity contribution is 6.09. The van der Waals surface area contributed by atoms with Crippen LogP contribution in [0.1, 0.15) is 26.3 Å². The molecule has 0 aliphatic rings. The van der Waals surface area contributed by atoms with E-state index < -0.39 is 11.7 Å². The number of oxime groups is 1. The van der Waals surface area contributed by atoms with E-state index in [0.717, 1.165) is 0 Å². The third-order valence-electron chi connectivity index (χ3n) is 2.71. The van der Waals surface area contributed by atoms with E-state index in [0.29, 0.717) is 16.5 Å². The molecule has 0 aliphatic carbocycles. The molecule has 0 fully saturated rings. The Morgan fingerprint density at radius 3 is 2.65 bits per heavy atom. The number of ether oxygens (including phenoxy) is 1. The fourth-order valence-electron chi connectivity index (χ4n) is 1.92. The average molecular weight is 275 g/mol. The first-order valence-corrected chi connectivity index (χ1v) is 6.15. The SMILES string of the molecule is CC(C)(C)OC(=O)n1ccc2c(/C(N)=N/O)cccc21. The number of fused-ring (bicyclic) bond motifs is 1. The van der Waals surface area contributed by atoms with E-state index in [1.165, 1.54) is 4.57 Å². The molecule has 0 saturated carbocycles. The van der Waals surface area contributed by atoms with Gasteiger partial charge in [0.2, 0.25) is 0 Å². The number of nitrogens with two attached hydrogens (primary N) is 1. The Balaban J connectivity index is 2.51. The van der Waals surface area contributed by atoms with Crippen LogP contribution in [0, 0.1) is 0 Å². The number of carbonyl (C=O) groups is 1. The van der Waals surface area contributed by atoms with E-state index in [9.17, 15) is 4.79 Å². The van der Waals surface area contributed by atoms with Crippen LogP contribution >= 0.6 is 0 Å². The Kier molecular flexibility index (Phi) is 3.40. The number of nitrogens with zero attached hydrogens (tertiary/aromatic N) is 2. The van der Waals surface area contributed by atoms with Crippen molar-refractivity contribution in [1.82, 2.24) is 4.57 Å². The fourth-order valence-corrected chi connectivity index (χ4v) is 1.92. The third-order valence-corrected chi connectivity index (χ3v) is 2.71. The number of aromatic nitrogens is 1. The number of rotatable bonds is 1. The van der Waals surface area contributed by atoms with Crippen LogP contribution in [-0.4, -0.2) is 27.3 Å². The first kappa shape index (κ1) is 13.9. The predicted octanol–water partition coefficient (Wildman–Crippen LogP) is 2.52. The van der Waals surface area contributed by atoms with Crippen molar-refractivity contribution in [3.05, 3.63) is 36.0 Å². The molecular weight excluding hydrogens is 258 g/mol. The zero-order valence-electron chi connectivity index (χ0n) is 11.6. The third kappa shape index (κ3) is 2.59. The minimum absolute atomic E-state index is 0.00228. The predicted molar refractivity (Wildman–Crippen MR) is 76.1 cm³/mol. The van der Waals surface area contributed by atoms with Crippen LogP contribution in [0.2, 0.25) is 0 Å². The van der Waals surface area contributed by atoms with Crippen molar-refractivity contribution in [2.75, 3.05) is 0 Å². The summed E-state index contributed by atoms with van der Waals surface area (Å²) in [5.74, 6) is -0.00228. The molecule has 2 rings (SSSR count). The van der Waals surface area contributed by atoms with Gasteiger partial charge in [0, 0.05) is 17.1 Å². The molecule has 0 unspecified atom stereocenters. The molecule has 0 atom stereocenters. The molecule has 106 valence electrons. The van der Waals surface area contributed by atoms with Crippen LogP contribution in [-0.2, 0) is 4.74 Å². The van der Waals surface area contributed by atoms with Gasteiger partial charge in [-0.1, -0.05) is 17.3 Å². The lowest BCUT2D eigenvalue weighted by Crippen LogP contribution is -2.26. The Morgan fingerprint density at radius 2 is 2.05 bits per heavy atom. The van der Waals surface area contributed by atoms with Crippen LogP contribution in [0.4, 0.5) is 4.79 Å². The lowest BCUT2D eigenvalue weighted by molar-refractivity contribution is 0.0544. The molecule has 0 radical (unpaired) electrons. The summed E-state index contributed by atoms with van der Waals surface area (Å²) in [5.41, 5.74) is 6.25. The summed E-state index contributed by atoms with van der Waals surface area (Å²) in [6.07, 6.45) is 1.14. The normalized spacial score (nSPS) is 12.7. The van der Waals surface area contributed by atoms with Gasteiger partial charge in [-0.05, 0) is 32.9 Å². The highest BCUT2D eigenvalue weighted by Gasteiger charge is 2.19. The van der Waals surface area contributed by atoms with Gasteiger partial charge in [0.25, 0.3) is 0 Å². The second-order valence-corrected chi connectivity index (χ2v) is 5.39. The summed E-state index contributed by atoms with van der Waals surface area (Å²) >= 11 is 0. The number of carbonyl (C=O) groups excluding carboxylic acids is 1. The molecule has 1 aromatic heterocycles. The first-order chi connectivity index (χ1) is 9.33. The van der Waals surface area contributed by atoms with Crippen molar-refractivity contribution in [2.24, 2.45) is 10.9 Å². The van der Waals surface area contributed by atoms with E-state index in [1.807, 2.05) is 0 Å². The standard InChI is InChI=1S/C14H17N3O3/c1-14(2,3)20-13(18)17-8-7-9-10(12(15)16-19)5-4-6-11(9)17/h4-8,19H,1-3H3,(H2,15,16). The summed E-state index contributed by atoms with van der Waals surface area (Å²) in [6.45, 7) is 5.41. The van der Waals surface area contributed by atoms with Gasteiger partial charge < -0.3 is 15.7 Å². The van der Waals surface area contributed by atoms with Gasteiger partial charge >= 0.3 is 6.09 Å². The van der Waals surface area contributed by atoms with Crippen molar-refractivity contribution in [3.63, 3.8) is 0 Å². The minimum Gasteiger partial charge on any atom is -0.443 e. The average Bonchev–Trinajstić information content (AvgIpc) is 2.79. The monoisotopic (exact) mass is 275 g/mol. The molecule has 0 saturated heterocycles. The summed E-state index contributed by atoms with van der Waals surface area (Å²) in [6, 6.07) is 6.95. The van der Waals surface area contributed by atoms with Crippen molar-refractivity contribution in [3.8, 4) is 0 Å². The van der Waals surface area contributed by atoms with E-state index in [4.69, 9.17) is 15.7 Å². The summed E-state index contributed by atoms with van der Waals surface area (Å²) < 4.78 is 6.73. The maximum atomic E-state index is 12.1. The van der Waals surface area contributed by atoms with Gasteiger partial charge in [-0.2, -0.15) is 0 Å². The Labute approximate surface area is 116 Å². The summed E-state index contributed by atoms with van der Waals surface area (Å²) in [4.78, 5) is 12.1. The molecule has 1 aromatic carbocycles. The Morgan fingerprint density at radius 1 is 1.35 bits per heavy atom. The minimum atomic E-state index is -0.573. The number of amidine groups is 1. The maximum absolute atomic E-state index is 12.1. The summed E-state index contributed by atoms with van der Waals surface area (Å²) in [5, 5.41) is 12.5. The van der Waals surface area contributed by atoms with Crippen LogP contribution < -0.4 is 5.73 Å². The van der Waals surface area contributed by atoms with Gasteiger partial charge in [-0.15, -0.1) is 0 Å². The van der Waals surface area contributed by atoms with Crippen molar-refractivity contribution < 1.29 is 14.7 Å². The highest BCUT2D eigenvalue weighted by atomic mass is 16.6. The zero-order valence-corrected chi connectivity index (χ0v) is 11.6. The molecule has 0 spiro atoms. The molecule has 0 amide bonds. The largest absolute Gasteiger partial charge is 0.443 e. The molecule has 0 aliphatic heterocycles. The molecule has 2 aromatic rings. The van der Waals surface area contributed by atoms with Crippen molar-refractivity contribution in [2.45, 2.75) is 26.4 Å². The molecule has 0 bridgehead atoms. The van der Waals surface area contributed by atoms with E-state index >= 15 is 0 Å². The second kappa shape index (κ2) is 4.88. The quantitative estimate of drug-likeness (QED) is 0.362. The van der Waals surface area contributed by atoms with Gasteiger partial charge in [-0.25, -0.2) is 4.79 Å². The van der Waals surface area contributed by atoms with Crippen LogP contribution in [0.3, 0.4) is 0 Å². The first-order valence-electron chi connectivity index (χ1n) is 6.15. The maximum Gasteiger partial charge on any atom is 0.418 e. The van der Waals surface area contributed by atoms with E-state index in [2.05, 4.69) is 5.16 Å². The lowest BCUT2D eigenvalue weighted by atomic mass is 10.1. The second-order valence-electron chi connectivity index (χ2n) is 5.39. The number of hydrogen-bond acceptors (Lipinski definition) is 4. The lowest BCUT2D eigenvalue weighted by Gasteiger charge is -2.19. The number of benzene rings is 1. The van der Waals surface area contributed by atoms with E-state index in [1.54, 1.807) is 51.2 Å². The van der Waals surface area contributed by atoms with Crippen molar-refractivity contribution in [1.29, 1.82) is 0 Å². The smallest absolute Gasteiger partial charge is 0.418 e. The zero-order chi connectivity index (χ0) is 14.9. The molecule has 6 nitrogen and oxygen atoms in total. The highest BCUT2D eigenvalue weighted by Crippen LogP contribution is 2.21. The van der Waals surface area contributed by atoms with E-state index in [-0.39, 0.29) is 5.84 Å². The van der Waals surface area contributed by atoms with Crippen LogP contribution in [0.5, 0.6) is 0 Å². The molecule has 3 N–H and O–H groups in total. The Bertz CT molecular complexity index is 681. The number of hydrogen-bond donors (Lipinski definition) is 2. The molecular formula is C14H17N3O3. The van der Waals surface area contributed by atoms with Gasteiger partial charge in [0.1, 0.15) is 5.60 Å². The van der Waals surface area contributed by atoms with Crippen molar-refractivity contribution >= 4 is 22.8 Å². The fraction of sp³-hybridized carbons (Fsp3) is 0.286. The van der Waals surface area contributed by atoms with Gasteiger partial charge in [-0.3, -0.25) is 4.57 Å². The molecule has 1 heterocycles. The van der Waals surface area contributed by atoms with Gasteiger partial charge in [0.05, 0.1) is 5.52 Å². The molecule has 6 heteroatoms. The Hall–Kier alpha value is -2.50. The summed E-state index contributed by atoms with van der Waals surface area (Å²) in [7, 11) is 0. The van der Waals surface area contributed by atoms with Crippen LogP contribution in [0.25, 0.3) is 10.9 Å². The van der Waals surface area contributed by atoms with Crippen LogP contribution in [0.15, 0.2) is 35.6 Å².